The summed E-state index contributed by atoms with van der Waals surface area (Å²) in [7, 11) is 0. The molecule has 0 amide bonds. The van der Waals surface area contributed by atoms with E-state index in [-0.39, 0.29) is 0 Å². The molecular formula is C10H11N3O. The molecule has 0 aliphatic carbocycles. The fraction of sp³-hybridized carbons (Fsp3) is 0.100. The average molecular weight is 189 g/mol. The number of hydrogen-bond acceptors (Lipinski definition) is 4. The second-order valence-corrected chi connectivity index (χ2v) is 2.97. The minimum Gasteiger partial charge on any atom is -0.399 e. The lowest BCUT2D eigenvalue weighted by molar-refractivity contribution is 0.412. The summed E-state index contributed by atoms with van der Waals surface area (Å²) < 4.78 is 4.71. The summed E-state index contributed by atoms with van der Waals surface area (Å²) in [5.74, 6) is 0. The van der Waals surface area contributed by atoms with E-state index in [1.807, 2.05) is 30.3 Å². The number of aromatic nitrogens is 1. The molecule has 0 unspecified atom stereocenters. The summed E-state index contributed by atoms with van der Waals surface area (Å²) in [5, 5.41) is 6.97. The Morgan fingerprint density at radius 3 is 3.00 bits per heavy atom. The molecule has 2 rings (SSSR count). The Hall–Kier alpha value is -1.97. The van der Waals surface area contributed by atoms with Gasteiger partial charge >= 0.3 is 0 Å². The van der Waals surface area contributed by atoms with Gasteiger partial charge in [0.25, 0.3) is 0 Å². The van der Waals surface area contributed by atoms with Crippen LogP contribution in [0, 0.1) is 0 Å². The van der Waals surface area contributed by atoms with Gasteiger partial charge in [-0.05, 0) is 18.2 Å². The molecule has 1 heterocycles. The Kier molecular flexibility index (Phi) is 2.36. The monoisotopic (exact) mass is 189 g/mol. The molecule has 1 aromatic heterocycles. The zero-order valence-electron chi connectivity index (χ0n) is 7.60. The van der Waals surface area contributed by atoms with Crippen LogP contribution >= 0.6 is 0 Å². The molecule has 4 heteroatoms. The third-order valence-electron chi connectivity index (χ3n) is 1.85. The van der Waals surface area contributed by atoms with Crippen LogP contribution in [0.25, 0.3) is 0 Å². The van der Waals surface area contributed by atoms with Gasteiger partial charge in [0.1, 0.15) is 12.0 Å². The Morgan fingerprint density at radius 1 is 1.36 bits per heavy atom. The van der Waals surface area contributed by atoms with Crippen molar-refractivity contribution in [3.8, 4) is 0 Å². The fourth-order valence-electron chi connectivity index (χ4n) is 1.17. The third-order valence-corrected chi connectivity index (χ3v) is 1.85. The summed E-state index contributed by atoms with van der Waals surface area (Å²) in [6.07, 6.45) is 1.55. The Balaban J connectivity index is 1.98. The number of rotatable bonds is 3. The highest BCUT2D eigenvalue weighted by atomic mass is 16.5. The molecule has 4 nitrogen and oxygen atoms in total. The van der Waals surface area contributed by atoms with E-state index in [0.29, 0.717) is 6.54 Å². The largest absolute Gasteiger partial charge is 0.399 e. The maximum atomic E-state index is 5.63. The predicted molar refractivity (Wildman–Crippen MR) is 54.7 cm³/mol. The number of hydrogen-bond donors (Lipinski definition) is 2. The van der Waals surface area contributed by atoms with Crippen LogP contribution in [0.1, 0.15) is 5.69 Å². The lowest BCUT2D eigenvalue weighted by atomic mass is 10.3. The van der Waals surface area contributed by atoms with E-state index < -0.39 is 0 Å². The van der Waals surface area contributed by atoms with Gasteiger partial charge in [0, 0.05) is 17.4 Å². The van der Waals surface area contributed by atoms with Crippen LogP contribution in [0.3, 0.4) is 0 Å². The highest BCUT2D eigenvalue weighted by molar-refractivity contribution is 5.54. The first-order chi connectivity index (χ1) is 6.84. The molecule has 0 bridgehead atoms. The van der Waals surface area contributed by atoms with Gasteiger partial charge in [-0.2, -0.15) is 0 Å². The number of nitrogens with two attached hydrogens (primary N) is 1. The van der Waals surface area contributed by atoms with Gasteiger partial charge in [-0.15, -0.1) is 0 Å². The van der Waals surface area contributed by atoms with Crippen molar-refractivity contribution in [2.45, 2.75) is 6.54 Å². The van der Waals surface area contributed by atoms with E-state index in [1.165, 1.54) is 0 Å². The smallest absolute Gasteiger partial charge is 0.124 e. The van der Waals surface area contributed by atoms with E-state index in [2.05, 4.69) is 10.5 Å². The van der Waals surface area contributed by atoms with Crippen LogP contribution < -0.4 is 11.1 Å². The Bertz CT molecular complexity index is 398. The lowest BCUT2D eigenvalue weighted by Gasteiger charge is -2.03. The molecule has 0 fully saturated rings. The summed E-state index contributed by atoms with van der Waals surface area (Å²) in [5.41, 5.74) is 8.23. The molecule has 14 heavy (non-hydrogen) atoms. The number of nitrogens with zero attached hydrogens (tertiary/aromatic N) is 1. The number of benzene rings is 1. The van der Waals surface area contributed by atoms with Gasteiger partial charge in [0.05, 0.1) is 6.54 Å². The first-order valence-electron chi connectivity index (χ1n) is 4.33. The third kappa shape index (κ3) is 2.04. The number of nitrogens with one attached hydrogen (secondary N) is 1. The maximum Gasteiger partial charge on any atom is 0.124 e. The van der Waals surface area contributed by atoms with E-state index in [1.54, 1.807) is 6.26 Å². The summed E-state index contributed by atoms with van der Waals surface area (Å²) >= 11 is 0. The molecule has 0 saturated carbocycles. The minimum atomic E-state index is 0.639. The van der Waals surface area contributed by atoms with Gasteiger partial charge in [-0.25, -0.2) is 0 Å². The van der Waals surface area contributed by atoms with Gasteiger partial charge in [-0.1, -0.05) is 11.2 Å². The molecule has 0 saturated heterocycles. The lowest BCUT2D eigenvalue weighted by Crippen LogP contribution is -1.99. The van der Waals surface area contributed by atoms with Crippen molar-refractivity contribution >= 4 is 11.4 Å². The van der Waals surface area contributed by atoms with Gasteiger partial charge in [-0.3, -0.25) is 0 Å². The normalized spacial score (nSPS) is 10.0. The van der Waals surface area contributed by atoms with Gasteiger partial charge < -0.3 is 15.6 Å². The minimum absolute atomic E-state index is 0.639. The fourth-order valence-corrected chi connectivity index (χ4v) is 1.17. The first-order valence-corrected chi connectivity index (χ1v) is 4.33. The molecule has 0 radical (unpaired) electrons. The molecule has 0 atom stereocenters. The molecular weight excluding hydrogens is 178 g/mol. The van der Waals surface area contributed by atoms with Crippen molar-refractivity contribution in [3.63, 3.8) is 0 Å². The van der Waals surface area contributed by atoms with Crippen LogP contribution in [0.4, 0.5) is 11.4 Å². The van der Waals surface area contributed by atoms with E-state index in [0.717, 1.165) is 17.1 Å². The van der Waals surface area contributed by atoms with E-state index in [4.69, 9.17) is 10.3 Å². The van der Waals surface area contributed by atoms with Crippen LogP contribution in [-0.2, 0) is 6.54 Å². The molecule has 0 aliphatic heterocycles. The van der Waals surface area contributed by atoms with Crippen molar-refractivity contribution in [1.29, 1.82) is 0 Å². The van der Waals surface area contributed by atoms with Crippen molar-refractivity contribution in [2.24, 2.45) is 0 Å². The second kappa shape index (κ2) is 3.83. The molecule has 0 aliphatic rings. The number of nitrogen functional groups attached to an aromatic ring is 1. The standard InChI is InChI=1S/C10H11N3O/c11-8-2-1-3-9(6-8)12-7-10-4-5-14-13-10/h1-6,12H,7,11H2. The summed E-state index contributed by atoms with van der Waals surface area (Å²) in [6.45, 7) is 0.639. The molecule has 1 aromatic carbocycles. The van der Waals surface area contributed by atoms with Crippen LogP contribution in [0.5, 0.6) is 0 Å². The average Bonchev–Trinajstić information content (AvgIpc) is 2.67. The Morgan fingerprint density at radius 2 is 2.29 bits per heavy atom. The van der Waals surface area contributed by atoms with Crippen LogP contribution in [0.2, 0.25) is 0 Å². The van der Waals surface area contributed by atoms with Gasteiger partial charge in [0.2, 0.25) is 0 Å². The quantitative estimate of drug-likeness (QED) is 0.723. The molecule has 2 aromatic rings. The summed E-state index contributed by atoms with van der Waals surface area (Å²) in [6, 6.07) is 9.40. The topological polar surface area (TPSA) is 64.1 Å². The summed E-state index contributed by atoms with van der Waals surface area (Å²) in [4.78, 5) is 0. The zero-order valence-corrected chi connectivity index (χ0v) is 7.60. The van der Waals surface area contributed by atoms with E-state index in [9.17, 15) is 0 Å². The Labute approximate surface area is 81.7 Å². The second-order valence-electron chi connectivity index (χ2n) is 2.97. The van der Waals surface area contributed by atoms with Crippen LogP contribution in [0.15, 0.2) is 41.1 Å². The predicted octanol–water partition coefficient (Wildman–Crippen LogP) is 1.87. The van der Waals surface area contributed by atoms with Crippen molar-refractivity contribution in [3.05, 3.63) is 42.3 Å². The van der Waals surface area contributed by atoms with Crippen molar-refractivity contribution in [1.82, 2.24) is 5.16 Å². The molecule has 3 N–H and O–H groups in total. The first kappa shape index (κ1) is 8.62. The zero-order chi connectivity index (χ0) is 9.80. The molecule has 72 valence electrons. The van der Waals surface area contributed by atoms with Crippen molar-refractivity contribution < 1.29 is 4.52 Å². The maximum absolute atomic E-state index is 5.63. The molecule has 0 spiro atoms. The van der Waals surface area contributed by atoms with Gasteiger partial charge in [0.15, 0.2) is 0 Å². The highest BCUT2D eigenvalue weighted by Crippen LogP contribution is 2.12. The van der Waals surface area contributed by atoms with Crippen LogP contribution in [-0.4, -0.2) is 5.16 Å². The van der Waals surface area contributed by atoms with Crippen molar-refractivity contribution in [2.75, 3.05) is 11.1 Å². The number of anilines is 2. The van der Waals surface area contributed by atoms with E-state index >= 15 is 0 Å². The SMILES string of the molecule is Nc1cccc(NCc2ccon2)c1. The highest BCUT2D eigenvalue weighted by Gasteiger charge is 1.96.